The number of amides is 1. The van der Waals surface area contributed by atoms with Crippen molar-refractivity contribution in [2.75, 3.05) is 7.11 Å². The largest absolute Gasteiger partial charge is 0.493 e. The first-order valence-corrected chi connectivity index (χ1v) is 10.2. The van der Waals surface area contributed by atoms with E-state index in [-0.39, 0.29) is 12.2 Å². The average Bonchev–Trinajstić information content (AvgIpc) is 3.22. The highest BCUT2D eigenvalue weighted by Crippen LogP contribution is 2.37. The number of nitro groups is 1. The van der Waals surface area contributed by atoms with Crippen LogP contribution in [0.4, 0.5) is 5.69 Å². The highest BCUT2D eigenvalue weighted by atomic mass is 79.9. The van der Waals surface area contributed by atoms with Crippen molar-refractivity contribution in [1.82, 2.24) is 15.2 Å². The molecule has 1 amide bonds. The lowest BCUT2D eigenvalue weighted by molar-refractivity contribution is -0.385. The van der Waals surface area contributed by atoms with Crippen molar-refractivity contribution in [3.05, 3.63) is 80.1 Å². The van der Waals surface area contributed by atoms with Crippen molar-refractivity contribution in [3.8, 4) is 11.5 Å². The van der Waals surface area contributed by atoms with E-state index in [9.17, 15) is 14.9 Å². The molecule has 3 aromatic rings. The minimum Gasteiger partial charge on any atom is -0.493 e. The van der Waals surface area contributed by atoms with Gasteiger partial charge in [0.05, 0.1) is 22.7 Å². The van der Waals surface area contributed by atoms with E-state index >= 15 is 0 Å². The smallest absolute Gasteiger partial charge is 0.307 e. The minimum absolute atomic E-state index is 0.192. The molecule has 10 nitrogen and oxygen atoms in total. The summed E-state index contributed by atoms with van der Waals surface area (Å²) in [7, 11) is 1.54. The lowest BCUT2D eigenvalue weighted by Crippen LogP contribution is -2.23. The van der Waals surface area contributed by atoms with E-state index in [0.717, 1.165) is 22.0 Å². The molecule has 0 saturated heterocycles. The third-order valence-electron chi connectivity index (χ3n) is 4.42. The maximum absolute atomic E-state index is 12.0. The number of rotatable bonds is 9. The van der Waals surface area contributed by atoms with Gasteiger partial charge in [-0.25, -0.2) is 5.43 Å². The second kappa shape index (κ2) is 10.5. The predicted molar refractivity (Wildman–Crippen MR) is 121 cm³/mol. The summed E-state index contributed by atoms with van der Waals surface area (Å²) in [6.07, 6.45) is 3.69. The zero-order valence-corrected chi connectivity index (χ0v) is 18.9. The van der Waals surface area contributed by atoms with Crippen molar-refractivity contribution in [2.45, 2.75) is 20.1 Å². The summed E-state index contributed by atoms with van der Waals surface area (Å²) in [6.45, 7) is 2.20. The second-order valence-electron chi connectivity index (χ2n) is 6.70. The molecule has 0 radical (unpaired) electrons. The maximum Gasteiger partial charge on any atom is 0.307 e. The Labute approximate surface area is 192 Å². The standard InChI is InChI=1S/C21H20BrN5O5/c1-14-5-3-4-6-16(14)13-32-21-18(22)7-15(8-19(21)31-2)9-23-25-20(28)12-26-11-17(10-24-26)27(29)30/h3-11H,12-13H2,1-2H3,(H,25,28)/b23-9+. The SMILES string of the molecule is COc1cc(/C=N/NC(=O)Cn2cc([N+](=O)[O-])cn2)cc(Br)c1OCc1ccccc1C. The molecule has 1 N–H and O–H groups in total. The van der Waals surface area contributed by atoms with Crippen molar-refractivity contribution in [2.24, 2.45) is 5.10 Å². The molecule has 0 aliphatic rings. The molecule has 0 saturated carbocycles. The molecule has 1 aromatic heterocycles. The van der Waals surface area contributed by atoms with Gasteiger partial charge in [0, 0.05) is 0 Å². The summed E-state index contributed by atoms with van der Waals surface area (Å²) in [5.74, 6) is 0.574. The van der Waals surface area contributed by atoms with Gasteiger partial charge in [-0.2, -0.15) is 10.2 Å². The second-order valence-corrected chi connectivity index (χ2v) is 7.55. The van der Waals surface area contributed by atoms with Gasteiger partial charge in [-0.05, 0) is 51.7 Å². The molecule has 11 heteroatoms. The van der Waals surface area contributed by atoms with Crippen LogP contribution >= 0.6 is 15.9 Å². The number of halogens is 1. The van der Waals surface area contributed by atoms with E-state index in [0.29, 0.717) is 28.1 Å². The molecule has 3 rings (SSSR count). The third kappa shape index (κ3) is 5.91. The van der Waals surface area contributed by atoms with E-state index in [1.165, 1.54) is 19.5 Å². The first kappa shape index (κ1) is 22.9. The van der Waals surface area contributed by atoms with E-state index in [1.54, 1.807) is 12.1 Å². The van der Waals surface area contributed by atoms with E-state index < -0.39 is 10.8 Å². The average molecular weight is 502 g/mol. The summed E-state index contributed by atoms with van der Waals surface area (Å²) < 4.78 is 13.2. The Morgan fingerprint density at radius 2 is 2.16 bits per heavy atom. The minimum atomic E-state index is -0.584. The zero-order chi connectivity index (χ0) is 23.1. The van der Waals surface area contributed by atoms with Crippen molar-refractivity contribution in [1.29, 1.82) is 0 Å². The van der Waals surface area contributed by atoms with Gasteiger partial charge in [0.15, 0.2) is 11.5 Å². The van der Waals surface area contributed by atoms with Crippen molar-refractivity contribution < 1.29 is 19.2 Å². The zero-order valence-electron chi connectivity index (χ0n) is 17.3. The summed E-state index contributed by atoms with van der Waals surface area (Å²) in [6, 6.07) is 11.5. The van der Waals surface area contributed by atoms with Gasteiger partial charge in [-0.1, -0.05) is 24.3 Å². The number of hydrazone groups is 1. The Morgan fingerprint density at radius 1 is 1.38 bits per heavy atom. The van der Waals surface area contributed by atoms with Crippen LogP contribution < -0.4 is 14.9 Å². The quantitative estimate of drug-likeness (QED) is 0.271. The number of nitrogens with one attached hydrogen (secondary N) is 1. The van der Waals surface area contributed by atoms with Crippen LogP contribution in [0.15, 0.2) is 58.4 Å². The number of aromatic nitrogens is 2. The summed E-state index contributed by atoms with van der Waals surface area (Å²) in [5.41, 5.74) is 5.02. The van der Waals surface area contributed by atoms with E-state index in [4.69, 9.17) is 9.47 Å². The number of methoxy groups -OCH3 is 1. The first-order chi connectivity index (χ1) is 15.4. The lowest BCUT2D eigenvalue weighted by Gasteiger charge is -2.14. The summed E-state index contributed by atoms with van der Waals surface area (Å²) in [5, 5.41) is 18.3. The van der Waals surface area contributed by atoms with Crippen molar-refractivity contribution >= 4 is 33.7 Å². The molecule has 1 heterocycles. The van der Waals surface area contributed by atoms with Gasteiger partial charge in [-0.3, -0.25) is 19.6 Å². The third-order valence-corrected chi connectivity index (χ3v) is 5.01. The topological polar surface area (TPSA) is 121 Å². The van der Waals surface area contributed by atoms with Crippen LogP contribution in [0.3, 0.4) is 0 Å². The molecule has 0 spiro atoms. The van der Waals surface area contributed by atoms with Crippen LogP contribution in [0.5, 0.6) is 11.5 Å². The molecule has 0 bridgehead atoms. The highest BCUT2D eigenvalue weighted by molar-refractivity contribution is 9.10. The Balaban J connectivity index is 1.63. The summed E-state index contributed by atoms with van der Waals surface area (Å²) >= 11 is 3.49. The van der Waals surface area contributed by atoms with E-state index in [2.05, 4.69) is 31.6 Å². The molecule has 166 valence electrons. The predicted octanol–water partition coefficient (Wildman–Crippen LogP) is 3.60. The van der Waals surface area contributed by atoms with Gasteiger partial charge in [0.2, 0.25) is 0 Å². The summed E-state index contributed by atoms with van der Waals surface area (Å²) in [4.78, 5) is 22.0. The lowest BCUT2D eigenvalue weighted by atomic mass is 10.1. The molecule has 2 aromatic carbocycles. The Hall–Kier alpha value is -3.73. The Kier molecular flexibility index (Phi) is 7.55. The van der Waals surface area contributed by atoms with Crippen LogP contribution in [0.25, 0.3) is 0 Å². The number of hydrogen-bond donors (Lipinski definition) is 1. The molecular formula is C21H20BrN5O5. The molecule has 0 aliphatic heterocycles. The Morgan fingerprint density at radius 3 is 2.84 bits per heavy atom. The maximum atomic E-state index is 12.0. The monoisotopic (exact) mass is 501 g/mol. The van der Waals surface area contributed by atoms with Gasteiger partial charge in [0.1, 0.15) is 25.5 Å². The normalized spacial score (nSPS) is 10.8. The number of nitrogens with zero attached hydrogens (tertiary/aromatic N) is 4. The van der Waals surface area contributed by atoms with Gasteiger partial charge in [-0.15, -0.1) is 0 Å². The molecule has 0 unspecified atom stereocenters. The molecule has 0 fully saturated rings. The number of ether oxygens (including phenoxy) is 2. The van der Waals surface area contributed by atoms with Crippen LogP contribution in [-0.2, 0) is 17.9 Å². The van der Waals surface area contributed by atoms with Crippen LogP contribution in [0.2, 0.25) is 0 Å². The Bertz CT molecular complexity index is 1160. The molecular weight excluding hydrogens is 482 g/mol. The molecule has 32 heavy (non-hydrogen) atoms. The first-order valence-electron chi connectivity index (χ1n) is 9.41. The number of carbonyl (C=O) groups is 1. The highest BCUT2D eigenvalue weighted by Gasteiger charge is 2.13. The van der Waals surface area contributed by atoms with E-state index in [1.807, 2.05) is 31.2 Å². The van der Waals surface area contributed by atoms with Crippen molar-refractivity contribution in [3.63, 3.8) is 0 Å². The van der Waals surface area contributed by atoms with Crippen LogP contribution in [0.1, 0.15) is 16.7 Å². The number of aryl methyl sites for hydroxylation is 1. The number of carbonyl (C=O) groups excluding carboxylic acids is 1. The molecule has 0 atom stereocenters. The van der Waals surface area contributed by atoms with Crippen LogP contribution in [-0.4, -0.2) is 33.9 Å². The van der Waals surface area contributed by atoms with Gasteiger partial charge in [0.25, 0.3) is 5.91 Å². The fourth-order valence-corrected chi connectivity index (χ4v) is 3.35. The number of hydrogen-bond acceptors (Lipinski definition) is 7. The fourth-order valence-electron chi connectivity index (χ4n) is 2.77. The fraction of sp³-hybridized carbons (Fsp3) is 0.190. The van der Waals surface area contributed by atoms with Gasteiger partial charge < -0.3 is 9.47 Å². The van der Waals surface area contributed by atoms with Crippen LogP contribution in [0, 0.1) is 17.0 Å². The number of benzene rings is 2. The molecule has 0 aliphatic carbocycles. The van der Waals surface area contributed by atoms with Gasteiger partial charge >= 0.3 is 5.69 Å².